The summed E-state index contributed by atoms with van der Waals surface area (Å²) in [5.41, 5.74) is 0.307. The first kappa shape index (κ1) is 15.7. The standard InChI is InChI=1S/C15H18N4O3/c1-3-16-8-10-5-4-6-11(7-10)18-13(20)12-9-17-15(22)19(2)14(12)21/h4-7,9,16H,3,8H2,1-2H3,(H,17,22)(H,18,20). The Morgan fingerprint density at radius 1 is 1.32 bits per heavy atom. The van der Waals surface area contributed by atoms with Crippen molar-refractivity contribution >= 4 is 11.6 Å². The number of hydrogen-bond donors (Lipinski definition) is 3. The van der Waals surface area contributed by atoms with Gasteiger partial charge < -0.3 is 15.6 Å². The van der Waals surface area contributed by atoms with Gasteiger partial charge in [-0.3, -0.25) is 14.2 Å². The minimum atomic E-state index is -0.634. The quantitative estimate of drug-likeness (QED) is 0.746. The molecular weight excluding hydrogens is 284 g/mol. The van der Waals surface area contributed by atoms with Gasteiger partial charge in [0, 0.05) is 25.5 Å². The molecule has 2 aromatic rings. The number of amides is 1. The number of benzene rings is 1. The molecule has 0 bridgehead atoms. The molecule has 0 unspecified atom stereocenters. The third kappa shape index (κ3) is 3.50. The van der Waals surface area contributed by atoms with Gasteiger partial charge in [0.1, 0.15) is 5.56 Å². The molecule has 2 rings (SSSR count). The number of rotatable bonds is 5. The Morgan fingerprint density at radius 3 is 2.82 bits per heavy atom. The van der Waals surface area contributed by atoms with Crippen LogP contribution < -0.4 is 21.9 Å². The molecule has 0 atom stereocenters. The van der Waals surface area contributed by atoms with Gasteiger partial charge in [0.25, 0.3) is 11.5 Å². The monoisotopic (exact) mass is 302 g/mol. The second-order valence-corrected chi connectivity index (χ2v) is 4.81. The minimum Gasteiger partial charge on any atom is -0.322 e. The number of hydrogen-bond acceptors (Lipinski definition) is 4. The molecule has 0 spiro atoms. The van der Waals surface area contributed by atoms with Crippen molar-refractivity contribution in [1.29, 1.82) is 0 Å². The zero-order chi connectivity index (χ0) is 16.1. The Kier molecular flexibility index (Phi) is 4.90. The van der Waals surface area contributed by atoms with Gasteiger partial charge in [-0.25, -0.2) is 4.79 Å². The Hall–Kier alpha value is -2.67. The number of aromatic amines is 1. The van der Waals surface area contributed by atoms with Crippen molar-refractivity contribution in [3.8, 4) is 0 Å². The van der Waals surface area contributed by atoms with Gasteiger partial charge in [-0.2, -0.15) is 0 Å². The zero-order valence-electron chi connectivity index (χ0n) is 12.5. The topological polar surface area (TPSA) is 96.0 Å². The normalized spacial score (nSPS) is 10.5. The maximum atomic E-state index is 12.2. The molecule has 1 amide bonds. The number of H-pyrrole nitrogens is 1. The summed E-state index contributed by atoms with van der Waals surface area (Å²) in [6.07, 6.45) is 1.13. The summed E-state index contributed by atoms with van der Waals surface area (Å²) in [5.74, 6) is -0.558. The van der Waals surface area contributed by atoms with Crippen molar-refractivity contribution in [1.82, 2.24) is 14.9 Å². The fourth-order valence-electron chi connectivity index (χ4n) is 1.95. The van der Waals surface area contributed by atoms with E-state index in [1.54, 1.807) is 6.07 Å². The van der Waals surface area contributed by atoms with Crippen LogP contribution >= 0.6 is 0 Å². The van der Waals surface area contributed by atoms with Crippen LogP contribution in [0.1, 0.15) is 22.8 Å². The molecule has 7 nitrogen and oxygen atoms in total. The fourth-order valence-corrected chi connectivity index (χ4v) is 1.95. The number of carbonyl (C=O) groups is 1. The van der Waals surface area contributed by atoms with Crippen LogP contribution in [0.4, 0.5) is 5.69 Å². The smallest absolute Gasteiger partial charge is 0.322 e. The first-order chi connectivity index (χ1) is 10.5. The van der Waals surface area contributed by atoms with Crippen molar-refractivity contribution in [2.24, 2.45) is 7.05 Å². The minimum absolute atomic E-state index is 0.112. The van der Waals surface area contributed by atoms with E-state index in [-0.39, 0.29) is 5.56 Å². The highest BCUT2D eigenvalue weighted by molar-refractivity contribution is 6.03. The zero-order valence-corrected chi connectivity index (χ0v) is 12.5. The predicted octanol–water partition coefficient (Wildman–Crippen LogP) is 0.435. The molecule has 0 saturated carbocycles. The van der Waals surface area contributed by atoms with E-state index in [2.05, 4.69) is 15.6 Å². The van der Waals surface area contributed by atoms with E-state index in [1.807, 2.05) is 25.1 Å². The average molecular weight is 302 g/mol. The van der Waals surface area contributed by atoms with Gasteiger partial charge in [-0.1, -0.05) is 19.1 Å². The Balaban J connectivity index is 2.21. The highest BCUT2D eigenvalue weighted by Crippen LogP contribution is 2.11. The lowest BCUT2D eigenvalue weighted by Crippen LogP contribution is -2.37. The van der Waals surface area contributed by atoms with Gasteiger partial charge in [0.05, 0.1) is 0 Å². The van der Waals surface area contributed by atoms with Crippen molar-refractivity contribution in [2.45, 2.75) is 13.5 Å². The van der Waals surface area contributed by atoms with E-state index >= 15 is 0 Å². The molecule has 1 aromatic carbocycles. The van der Waals surface area contributed by atoms with Crippen LogP contribution in [-0.2, 0) is 13.6 Å². The summed E-state index contributed by atoms with van der Waals surface area (Å²) >= 11 is 0. The molecule has 7 heteroatoms. The van der Waals surface area contributed by atoms with E-state index in [1.165, 1.54) is 7.05 Å². The second-order valence-electron chi connectivity index (χ2n) is 4.81. The SMILES string of the molecule is CCNCc1cccc(NC(=O)c2c[nH]c(=O)n(C)c2=O)c1. The summed E-state index contributed by atoms with van der Waals surface area (Å²) < 4.78 is 0.858. The van der Waals surface area contributed by atoms with Crippen molar-refractivity contribution in [2.75, 3.05) is 11.9 Å². The number of carbonyl (C=O) groups excluding carboxylic acids is 1. The van der Waals surface area contributed by atoms with Gasteiger partial charge >= 0.3 is 5.69 Å². The largest absolute Gasteiger partial charge is 0.328 e. The van der Waals surface area contributed by atoms with Gasteiger partial charge in [-0.05, 0) is 24.2 Å². The molecule has 0 aliphatic heterocycles. The molecule has 22 heavy (non-hydrogen) atoms. The molecule has 0 saturated heterocycles. The summed E-state index contributed by atoms with van der Waals surface area (Å²) in [6, 6.07) is 7.34. The van der Waals surface area contributed by atoms with Crippen LogP contribution in [0, 0.1) is 0 Å². The third-order valence-electron chi connectivity index (χ3n) is 3.19. The van der Waals surface area contributed by atoms with Gasteiger partial charge in [0.2, 0.25) is 0 Å². The molecule has 1 aromatic heterocycles. The van der Waals surface area contributed by atoms with Crippen LogP contribution in [0.2, 0.25) is 0 Å². The highest BCUT2D eigenvalue weighted by Gasteiger charge is 2.13. The molecule has 3 N–H and O–H groups in total. The fraction of sp³-hybridized carbons (Fsp3) is 0.267. The van der Waals surface area contributed by atoms with E-state index in [0.29, 0.717) is 12.2 Å². The predicted molar refractivity (Wildman–Crippen MR) is 84.1 cm³/mol. The van der Waals surface area contributed by atoms with Gasteiger partial charge in [-0.15, -0.1) is 0 Å². The number of nitrogens with zero attached hydrogens (tertiary/aromatic N) is 1. The van der Waals surface area contributed by atoms with Crippen LogP contribution in [-0.4, -0.2) is 22.0 Å². The Bertz CT molecular complexity index is 792. The third-order valence-corrected chi connectivity index (χ3v) is 3.19. The molecule has 0 aliphatic rings. The summed E-state index contributed by atoms with van der Waals surface area (Å²) in [6.45, 7) is 3.56. The molecule has 116 valence electrons. The van der Waals surface area contributed by atoms with E-state index in [0.717, 1.165) is 22.9 Å². The lowest BCUT2D eigenvalue weighted by molar-refractivity contribution is 0.102. The Morgan fingerprint density at radius 2 is 2.09 bits per heavy atom. The summed E-state index contributed by atoms with van der Waals surface area (Å²) in [7, 11) is 1.31. The van der Waals surface area contributed by atoms with E-state index < -0.39 is 17.2 Å². The van der Waals surface area contributed by atoms with Crippen molar-refractivity contribution < 1.29 is 4.79 Å². The number of aromatic nitrogens is 2. The maximum absolute atomic E-state index is 12.2. The van der Waals surface area contributed by atoms with Crippen molar-refractivity contribution in [3.05, 3.63) is 62.4 Å². The lowest BCUT2D eigenvalue weighted by Gasteiger charge is -2.08. The summed E-state index contributed by atoms with van der Waals surface area (Å²) in [5, 5.41) is 5.85. The Labute approximate surface area is 127 Å². The molecule has 1 heterocycles. The van der Waals surface area contributed by atoms with Crippen LogP contribution in [0.15, 0.2) is 40.1 Å². The number of nitrogens with one attached hydrogen (secondary N) is 3. The van der Waals surface area contributed by atoms with Crippen molar-refractivity contribution in [3.63, 3.8) is 0 Å². The van der Waals surface area contributed by atoms with Crippen LogP contribution in [0.25, 0.3) is 0 Å². The molecular formula is C15H18N4O3. The first-order valence-corrected chi connectivity index (χ1v) is 6.92. The molecule has 0 radical (unpaired) electrons. The van der Waals surface area contributed by atoms with E-state index in [4.69, 9.17) is 0 Å². The highest BCUT2D eigenvalue weighted by atomic mass is 16.2. The average Bonchev–Trinajstić information content (AvgIpc) is 2.51. The molecule has 0 fully saturated rings. The first-order valence-electron chi connectivity index (χ1n) is 6.92. The number of anilines is 1. The lowest BCUT2D eigenvalue weighted by atomic mass is 10.2. The maximum Gasteiger partial charge on any atom is 0.328 e. The summed E-state index contributed by atoms with van der Waals surface area (Å²) in [4.78, 5) is 37.7. The second kappa shape index (κ2) is 6.86. The molecule has 0 aliphatic carbocycles. The van der Waals surface area contributed by atoms with E-state index in [9.17, 15) is 14.4 Å². The van der Waals surface area contributed by atoms with Crippen LogP contribution in [0.5, 0.6) is 0 Å². The van der Waals surface area contributed by atoms with Crippen LogP contribution in [0.3, 0.4) is 0 Å². The van der Waals surface area contributed by atoms with Gasteiger partial charge in [0.15, 0.2) is 0 Å².